The van der Waals surface area contributed by atoms with E-state index in [2.05, 4.69) is 16.0 Å². The molecule has 0 radical (unpaired) electrons. The highest BCUT2D eigenvalue weighted by atomic mass is 32.2. The molecule has 2 atom stereocenters. The summed E-state index contributed by atoms with van der Waals surface area (Å²) in [7, 11) is 6.00. The van der Waals surface area contributed by atoms with Crippen molar-refractivity contribution < 1.29 is 33.3 Å². The van der Waals surface area contributed by atoms with Gasteiger partial charge in [0.2, 0.25) is 23.0 Å². The number of unbranched alkanes of at least 4 members (excludes halogenated alkanes) is 2. The molecule has 0 aliphatic heterocycles. The highest BCUT2D eigenvalue weighted by Gasteiger charge is 2.29. The number of aryl methyl sites for hydroxylation is 1. The number of hydrogen-bond acceptors (Lipinski definition) is 10. The topological polar surface area (TPSA) is 141 Å². The van der Waals surface area contributed by atoms with Crippen LogP contribution in [0.5, 0.6) is 17.2 Å². The first-order valence-electron chi connectivity index (χ1n) is 15.1. The van der Waals surface area contributed by atoms with Crippen molar-refractivity contribution in [2.24, 2.45) is 0 Å². The fourth-order valence-electron chi connectivity index (χ4n) is 5.56. The molecule has 2 aromatic rings. The van der Waals surface area contributed by atoms with Crippen molar-refractivity contribution in [3.63, 3.8) is 0 Å². The Morgan fingerprint density at radius 1 is 1.00 bits per heavy atom. The number of nitrogens with one attached hydrogen (secondary N) is 3. The summed E-state index contributed by atoms with van der Waals surface area (Å²) < 4.78 is 21.9. The standard InChI is InChI=1S/C33H45N3O8S/c1-20(37)35-24-13-11-21-18-28(41-2)31(42-3)32(43-4)30(21)22-12-14-25(27(38)19-23(22)24)34-16-9-7-8-10-29(39)36-26(15-17-45-6)33(40)44-5/h12,14,18-19,24,26H,7-11,13,15-17H2,1-6H3,(H,34,38)(H,35,37)(H,36,39)/t24-,26-/m1/s1. The number of carbonyl (C=O) groups excluding carboxylic acids is 3. The molecule has 0 fully saturated rings. The van der Waals surface area contributed by atoms with Gasteiger partial charge in [-0.05, 0) is 79.0 Å². The lowest BCUT2D eigenvalue weighted by atomic mass is 9.95. The highest BCUT2D eigenvalue weighted by molar-refractivity contribution is 7.98. The number of amides is 2. The second kappa shape index (κ2) is 17.5. The van der Waals surface area contributed by atoms with Crippen LogP contribution in [0.25, 0.3) is 11.1 Å². The second-order valence-corrected chi connectivity index (χ2v) is 11.7. The van der Waals surface area contributed by atoms with Gasteiger partial charge in [0, 0.05) is 25.5 Å². The second-order valence-electron chi connectivity index (χ2n) is 10.8. The van der Waals surface area contributed by atoms with Crippen molar-refractivity contribution in [1.29, 1.82) is 0 Å². The molecule has 45 heavy (non-hydrogen) atoms. The van der Waals surface area contributed by atoms with E-state index in [9.17, 15) is 19.2 Å². The molecule has 0 saturated carbocycles. The van der Waals surface area contributed by atoms with E-state index in [1.807, 2.05) is 18.4 Å². The average molecular weight is 644 g/mol. The smallest absolute Gasteiger partial charge is 0.328 e. The van der Waals surface area contributed by atoms with Crippen molar-refractivity contribution in [1.82, 2.24) is 10.6 Å². The fraction of sp³-hybridized carbons (Fsp3) is 0.515. The van der Waals surface area contributed by atoms with Crippen LogP contribution < -0.4 is 35.6 Å². The number of esters is 1. The van der Waals surface area contributed by atoms with Crippen LogP contribution in [0.15, 0.2) is 29.1 Å². The quantitative estimate of drug-likeness (QED) is 0.180. The Hall–Kier alpha value is -3.93. The molecule has 2 aromatic carbocycles. The molecule has 1 aliphatic carbocycles. The van der Waals surface area contributed by atoms with E-state index >= 15 is 0 Å². The third-order valence-corrected chi connectivity index (χ3v) is 8.39. The van der Waals surface area contributed by atoms with Gasteiger partial charge in [-0.3, -0.25) is 14.4 Å². The van der Waals surface area contributed by atoms with Gasteiger partial charge >= 0.3 is 5.97 Å². The number of fused-ring (bicyclic) bond motifs is 3. The van der Waals surface area contributed by atoms with E-state index in [4.69, 9.17) is 18.9 Å². The maximum absolute atomic E-state index is 13.4. The third kappa shape index (κ3) is 9.29. The lowest BCUT2D eigenvalue weighted by Crippen LogP contribution is -2.41. The average Bonchev–Trinajstić information content (AvgIpc) is 3.27. The molecule has 0 heterocycles. The minimum atomic E-state index is -0.638. The van der Waals surface area contributed by atoms with Crippen LogP contribution in [0.1, 0.15) is 62.6 Å². The molecule has 0 bridgehead atoms. The molecule has 3 rings (SSSR count). The minimum absolute atomic E-state index is 0.184. The van der Waals surface area contributed by atoms with E-state index in [1.54, 1.807) is 45.2 Å². The number of methoxy groups -OCH3 is 4. The first-order valence-corrected chi connectivity index (χ1v) is 16.5. The Morgan fingerprint density at radius 2 is 1.76 bits per heavy atom. The zero-order valence-corrected chi connectivity index (χ0v) is 27.8. The summed E-state index contributed by atoms with van der Waals surface area (Å²) in [5.74, 6) is 1.41. The Bertz CT molecular complexity index is 1420. The molecule has 0 unspecified atom stereocenters. The lowest BCUT2D eigenvalue weighted by molar-refractivity contribution is -0.145. The van der Waals surface area contributed by atoms with Crippen LogP contribution in [-0.2, 0) is 25.5 Å². The van der Waals surface area contributed by atoms with E-state index < -0.39 is 12.0 Å². The summed E-state index contributed by atoms with van der Waals surface area (Å²) in [6.45, 7) is 2.00. The number of hydrogen-bond donors (Lipinski definition) is 3. The number of anilines is 1. The van der Waals surface area contributed by atoms with Crippen molar-refractivity contribution in [2.45, 2.75) is 64.0 Å². The third-order valence-electron chi connectivity index (χ3n) is 7.74. The zero-order valence-electron chi connectivity index (χ0n) is 27.0. The number of carbonyl (C=O) groups is 3. The van der Waals surface area contributed by atoms with Crippen molar-refractivity contribution in [3.8, 4) is 28.4 Å². The Labute approximate surface area is 269 Å². The molecular weight excluding hydrogens is 598 g/mol. The maximum atomic E-state index is 13.4. The van der Waals surface area contributed by atoms with E-state index in [-0.39, 0.29) is 23.3 Å². The number of thioether (sulfide) groups is 1. The van der Waals surface area contributed by atoms with Crippen molar-refractivity contribution in [3.05, 3.63) is 45.6 Å². The van der Waals surface area contributed by atoms with Gasteiger partial charge in [-0.2, -0.15) is 11.8 Å². The van der Waals surface area contributed by atoms with Crippen LogP contribution in [-0.4, -0.2) is 70.8 Å². The zero-order chi connectivity index (χ0) is 32.9. The van der Waals surface area contributed by atoms with Gasteiger partial charge in [-0.25, -0.2) is 4.79 Å². The van der Waals surface area contributed by atoms with Crippen molar-refractivity contribution >= 4 is 35.2 Å². The van der Waals surface area contributed by atoms with Gasteiger partial charge < -0.3 is 34.9 Å². The van der Waals surface area contributed by atoms with Crippen LogP contribution in [0.2, 0.25) is 0 Å². The number of rotatable bonds is 16. The van der Waals surface area contributed by atoms with Crippen LogP contribution in [0, 0.1) is 0 Å². The molecule has 1 aliphatic rings. The van der Waals surface area contributed by atoms with Gasteiger partial charge in [-0.1, -0.05) is 12.5 Å². The van der Waals surface area contributed by atoms with Crippen molar-refractivity contribution in [2.75, 3.05) is 52.3 Å². The molecule has 0 saturated heterocycles. The monoisotopic (exact) mass is 643 g/mol. The highest BCUT2D eigenvalue weighted by Crippen LogP contribution is 2.50. The summed E-state index contributed by atoms with van der Waals surface area (Å²) in [6, 6.07) is 6.12. The first-order chi connectivity index (χ1) is 21.7. The van der Waals surface area contributed by atoms with Gasteiger partial charge in [0.05, 0.1) is 40.2 Å². The van der Waals surface area contributed by atoms with Crippen LogP contribution in [0.3, 0.4) is 0 Å². The Morgan fingerprint density at radius 3 is 2.40 bits per heavy atom. The molecule has 0 spiro atoms. The predicted molar refractivity (Wildman–Crippen MR) is 177 cm³/mol. The normalized spacial score (nSPS) is 14.1. The van der Waals surface area contributed by atoms with E-state index in [0.29, 0.717) is 67.1 Å². The van der Waals surface area contributed by atoms with Gasteiger partial charge in [0.1, 0.15) is 6.04 Å². The predicted octanol–water partition coefficient (Wildman–Crippen LogP) is 4.25. The molecule has 246 valence electrons. The summed E-state index contributed by atoms with van der Waals surface area (Å²) in [5, 5.41) is 9.03. The minimum Gasteiger partial charge on any atom is -0.493 e. The molecule has 3 N–H and O–H groups in total. The first kappa shape index (κ1) is 35.5. The maximum Gasteiger partial charge on any atom is 0.328 e. The largest absolute Gasteiger partial charge is 0.493 e. The number of ether oxygens (including phenoxy) is 4. The fourth-order valence-corrected chi connectivity index (χ4v) is 6.03. The van der Waals surface area contributed by atoms with Gasteiger partial charge in [0.25, 0.3) is 0 Å². The molecule has 0 aromatic heterocycles. The molecular formula is C33H45N3O8S. The Balaban J connectivity index is 1.76. The molecule has 12 heteroatoms. The van der Waals surface area contributed by atoms with Gasteiger partial charge in [0.15, 0.2) is 11.5 Å². The van der Waals surface area contributed by atoms with Crippen LogP contribution in [0.4, 0.5) is 5.69 Å². The SMILES string of the molecule is COC(=O)[C@@H](CCSC)NC(=O)CCCCCNc1ccc2c(cc1=O)[C@H](NC(C)=O)CCc1cc(OC)c(OC)c(OC)c1-2. The van der Waals surface area contributed by atoms with E-state index in [1.165, 1.54) is 14.0 Å². The summed E-state index contributed by atoms with van der Waals surface area (Å²) in [4.78, 5) is 49.9. The van der Waals surface area contributed by atoms with Crippen LogP contribution >= 0.6 is 11.8 Å². The molecule has 11 nitrogen and oxygen atoms in total. The lowest BCUT2D eigenvalue weighted by Gasteiger charge is -2.19. The van der Waals surface area contributed by atoms with E-state index in [0.717, 1.165) is 35.3 Å². The summed E-state index contributed by atoms with van der Waals surface area (Å²) in [6.07, 6.45) is 6.10. The summed E-state index contributed by atoms with van der Waals surface area (Å²) >= 11 is 1.60. The molecule has 2 amide bonds. The Kier molecular flexibility index (Phi) is 13.8. The van der Waals surface area contributed by atoms with Gasteiger partial charge in [-0.15, -0.1) is 0 Å². The summed E-state index contributed by atoms with van der Waals surface area (Å²) in [5.41, 5.74) is 3.43. The number of benzene rings is 1.